The lowest BCUT2D eigenvalue weighted by Gasteiger charge is -2.45. The molecule has 0 aliphatic carbocycles. The Bertz CT molecular complexity index is 393. The van der Waals surface area contributed by atoms with E-state index in [0.29, 0.717) is 18.8 Å². The molecule has 0 fully saturated rings. The first-order valence-corrected chi connectivity index (χ1v) is 6.50. The van der Waals surface area contributed by atoms with Gasteiger partial charge in [-0.05, 0) is 34.6 Å². The number of esters is 1. The van der Waals surface area contributed by atoms with Crippen LogP contribution in [0, 0.1) is 0 Å². The quantitative estimate of drug-likeness (QED) is 0.545. The second-order valence-corrected chi connectivity index (χ2v) is 4.87. The van der Waals surface area contributed by atoms with E-state index >= 15 is 0 Å². The lowest BCUT2D eigenvalue weighted by Crippen LogP contribution is -2.58. The van der Waals surface area contributed by atoms with Crippen LogP contribution in [0.3, 0.4) is 0 Å². The zero-order valence-corrected chi connectivity index (χ0v) is 12.2. The van der Waals surface area contributed by atoms with E-state index < -0.39 is 17.4 Å². The highest BCUT2D eigenvalue weighted by molar-refractivity contribution is 6.00. The summed E-state index contributed by atoms with van der Waals surface area (Å²) in [7, 11) is 0. The number of Topliss-reactive ketones (excluding diaryl/α,β-unsaturated/α-hetero) is 1. The molecule has 1 atom stereocenters. The molecule has 1 aliphatic rings. The largest absolute Gasteiger partial charge is 0.450 e. The molecule has 5 nitrogen and oxygen atoms in total. The zero-order valence-electron chi connectivity index (χ0n) is 12.2. The summed E-state index contributed by atoms with van der Waals surface area (Å²) in [5, 5.41) is 0. The molecular formula is C14H22O5. The van der Waals surface area contributed by atoms with Crippen LogP contribution in [0.5, 0.6) is 0 Å². The second kappa shape index (κ2) is 5.84. The van der Waals surface area contributed by atoms with Crippen LogP contribution in [-0.2, 0) is 23.8 Å². The lowest BCUT2D eigenvalue weighted by atomic mass is 9.85. The summed E-state index contributed by atoms with van der Waals surface area (Å²) in [5.41, 5.74) is -0.587. The number of hydrogen-bond acceptors (Lipinski definition) is 5. The standard InChI is InChI=1S/C14H22O5/c1-6-17-14(5,18-7-2)13(4)9-11(10(3)15)8-12(16)19-13/h8H,6-7,9H2,1-5H3. The summed E-state index contributed by atoms with van der Waals surface area (Å²) in [6, 6.07) is 0. The molecule has 1 unspecified atom stereocenters. The number of carbonyl (C=O) groups is 2. The van der Waals surface area contributed by atoms with Crippen molar-refractivity contribution in [1.29, 1.82) is 0 Å². The molecular weight excluding hydrogens is 248 g/mol. The van der Waals surface area contributed by atoms with Gasteiger partial charge in [0.05, 0.1) is 0 Å². The van der Waals surface area contributed by atoms with Gasteiger partial charge in [0.15, 0.2) is 11.4 Å². The van der Waals surface area contributed by atoms with E-state index in [0.717, 1.165) is 0 Å². The number of ether oxygens (including phenoxy) is 3. The predicted octanol–water partition coefficient (Wildman–Crippen LogP) is 2.00. The summed E-state index contributed by atoms with van der Waals surface area (Å²) in [4.78, 5) is 23.2. The number of hydrogen-bond donors (Lipinski definition) is 0. The number of carbonyl (C=O) groups excluding carboxylic acids is 2. The maximum absolute atomic E-state index is 11.7. The molecule has 1 heterocycles. The van der Waals surface area contributed by atoms with Gasteiger partial charge in [0, 0.05) is 31.3 Å². The van der Waals surface area contributed by atoms with Gasteiger partial charge >= 0.3 is 5.97 Å². The molecule has 0 aromatic rings. The minimum Gasteiger partial charge on any atom is -0.450 e. The summed E-state index contributed by atoms with van der Waals surface area (Å²) >= 11 is 0. The van der Waals surface area contributed by atoms with Gasteiger partial charge in [-0.25, -0.2) is 4.79 Å². The summed E-state index contributed by atoms with van der Waals surface area (Å²) in [6.45, 7) is 9.41. The van der Waals surface area contributed by atoms with Crippen molar-refractivity contribution in [2.75, 3.05) is 13.2 Å². The highest BCUT2D eigenvalue weighted by Gasteiger charge is 2.52. The lowest BCUT2D eigenvalue weighted by molar-refractivity contribution is -0.308. The average Bonchev–Trinajstić information content (AvgIpc) is 2.28. The molecule has 0 spiro atoms. The van der Waals surface area contributed by atoms with Gasteiger partial charge in [0.2, 0.25) is 5.79 Å². The van der Waals surface area contributed by atoms with E-state index in [-0.39, 0.29) is 12.2 Å². The van der Waals surface area contributed by atoms with Crippen LogP contribution in [0.4, 0.5) is 0 Å². The Balaban J connectivity index is 3.11. The molecule has 1 aliphatic heterocycles. The van der Waals surface area contributed by atoms with Crippen LogP contribution in [0.1, 0.15) is 41.0 Å². The van der Waals surface area contributed by atoms with E-state index in [9.17, 15) is 9.59 Å². The van der Waals surface area contributed by atoms with Crippen molar-refractivity contribution in [3.63, 3.8) is 0 Å². The van der Waals surface area contributed by atoms with Crippen molar-refractivity contribution in [1.82, 2.24) is 0 Å². The second-order valence-electron chi connectivity index (χ2n) is 4.87. The maximum Gasteiger partial charge on any atom is 0.331 e. The molecule has 0 saturated carbocycles. The summed E-state index contributed by atoms with van der Waals surface area (Å²) in [6.07, 6.45) is 1.52. The minimum absolute atomic E-state index is 0.141. The van der Waals surface area contributed by atoms with Gasteiger partial charge in [-0.3, -0.25) is 4.79 Å². The Morgan fingerprint density at radius 1 is 1.42 bits per heavy atom. The van der Waals surface area contributed by atoms with Crippen LogP contribution in [0.2, 0.25) is 0 Å². The highest BCUT2D eigenvalue weighted by atomic mass is 16.7. The SMILES string of the molecule is CCOC(C)(OCC)C1(C)CC(C(C)=O)=CC(=O)O1. The highest BCUT2D eigenvalue weighted by Crippen LogP contribution is 2.39. The van der Waals surface area contributed by atoms with Crippen molar-refractivity contribution in [3.8, 4) is 0 Å². The molecule has 19 heavy (non-hydrogen) atoms. The molecule has 0 bridgehead atoms. The first kappa shape index (κ1) is 15.9. The maximum atomic E-state index is 11.7. The first-order valence-electron chi connectivity index (χ1n) is 6.50. The average molecular weight is 270 g/mol. The minimum atomic E-state index is -1.08. The Morgan fingerprint density at radius 2 is 1.95 bits per heavy atom. The number of cyclic esters (lactones) is 1. The topological polar surface area (TPSA) is 61.8 Å². The molecule has 0 amide bonds. The van der Waals surface area contributed by atoms with E-state index in [1.165, 1.54) is 13.0 Å². The molecule has 0 aromatic heterocycles. The van der Waals surface area contributed by atoms with E-state index in [1.54, 1.807) is 13.8 Å². The normalized spacial score (nSPS) is 23.8. The summed E-state index contributed by atoms with van der Waals surface area (Å²) < 4.78 is 16.7. The van der Waals surface area contributed by atoms with Crippen LogP contribution < -0.4 is 0 Å². The molecule has 0 radical (unpaired) electrons. The fourth-order valence-corrected chi connectivity index (χ4v) is 2.22. The number of ketones is 1. The van der Waals surface area contributed by atoms with Crippen LogP contribution in [-0.4, -0.2) is 36.4 Å². The Kier molecular flexibility index (Phi) is 4.87. The Labute approximate surface area is 113 Å². The molecule has 0 aromatic carbocycles. The van der Waals surface area contributed by atoms with Gasteiger partial charge in [-0.15, -0.1) is 0 Å². The monoisotopic (exact) mass is 270 g/mol. The molecule has 1 rings (SSSR count). The van der Waals surface area contributed by atoms with Gasteiger partial charge < -0.3 is 14.2 Å². The third-order valence-corrected chi connectivity index (χ3v) is 3.40. The van der Waals surface area contributed by atoms with Crippen molar-refractivity contribution in [3.05, 3.63) is 11.6 Å². The van der Waals surface area contributed by atoms with Crippen molar-refractivity contribution >= 4 is 11.8 Å². The van der Waals surface area contributed by atoms with E-state index in [4.69, 9.17) is 14.2 Å². The molecule has 0 saturated heterocycles. The molecule has 108 valence electrons. The molecule has 0 N–H and O–H groups in total. The van der Waals surface area contributed by atoms with E-state index in [2.05, 4.69) is 0 Å². The van der Waals surface area contributed by atoms with Crippen LogP contribution in [0.15, 0.2) is 11.6 Å². The van der Waals surface area contributed by atoms with Crippen LogP contribution in [0.25, 0.3) is 0 Å². The van der Waals surface area contributed by atoms with Crippen molar-refractivity contribution in [2.45, 2.75) is 52.4 Å². The van der Waals surface area contributed by atoms with Gasteiger partial charge in [0.25, 0.3) is 0 Å². The Hall–Kier alpha value is -1.20. The fraction of sp³-hybridized carbons (Fsp3) is 0.714. The van der Waals surface area contributed by atoms with Gasteiger partial charge in [0.1, 0.15) is 0 Å². The zero-order chi connectivity index (χ0) is 14.7. The third kappa shape index (κ3) is 3.22. The van der Waals surface area contributed by atoms with Crippen molar-refractivity contribution < 1.29 is 23.8 Å². The van der Waals surface area contributed by atoms with Gasteiger partial charge in [-0.1, -0.05) is 0 Å². The number of rotatable bonds is 6. The molecule has 5 heteroatoms. The first-order chi connectivity index (χ1) is 8.78. The Morgan fingerprint density at radius 3 is 2.37 bits per heavy atom. The van der Waals surface area contributed by atoms with Gasteiger partial charge in [-0.2, -0.15) is 0 Å². The van der Waals surface area contributed by atoms with E-state index in [1.807, 2.05) is 13.8 Å². The predicted molar refractivity (Wildman–Crippen MR) is 69.5 cm³/mol. The summed E-state index contributed by atoms with van der Waals surface area (Å²) in [5.74, 6) is -1.76. The van der Waals surface area contributed by atoms with Crippen molar-refractivity contribution in [2.24, 2.45) is 0 Å². The third-order valence-electron chi connectivity index (χ3n) is 3.40. The fourth-order valence-electron chi connectivity index (χ4n) is 2.22. The van der Waals surface area contributed by atoms with Crippen LogP contribution >= 0.6 is 0 Å². The smallest absolute Gasteiger partial charge is 0.331 e.